The Balaban J connectivity index is 1.96. The van der Waals surface area contributed by atoms with E-state index in [1.807, 2.05) is 4.57 Å². The second-order valence-electron chi connectivity index (χ2n) is 7.09. The van der Waals surface area contributed by atoms with Crippen LogP contribution < -0.4 is 11.2 Å². The minimum atomic E-state index is -0.664. The minimum Gasteiger partial charge on any atom is -0.462 e. The van der Waals surface area contributed by atoms with Crippen LogP contribution in [0.1, 0.15) is 61.0 Å². The van der Waals surface area contributed by atoms with Crippen molar-refractivity contribution in [2.45, 2.75) is 50.6 Å². The summed E-state index contributed by atoms with van der Waals surface area (Å²) in [5.41, 5.74) is 6.24. The van der Waals surface area contributed by atoms with Crippen molar-refractivity contribution in [1.29, 1.82) is 0 Å². The molecule has 2 saturated carbocycles. The minimum absolute atomic E-state index is 0.0421. The quantitative estimate of drug-likeness (QED) is 0.865. The lowest BCUT2D eigenvalue weighted by atomic mass is 9.72. The van der Waals surface area contributed by atoms with E-state index in [-0.39, 0.29) is 23.6 Å². The first-order chi connectivity index (χ1) is 11.9. The number of rotatable bonds is 4. The van der Waals surface area contributed by atoms with Gasteiger partial charge in [0.1, 0.15) is 11.4 Å². The van der Waals surface area contributed by atoms with Crippen molar-refractivity contribution in [2.75, 3.05) is 6.61 Å². The fourth-order valence-electron chi connectivity index (χ4n) is 3.59. The molecule has 0 spiro atoms. The molecule has 4 rings (SSSR count). The highest BCUT2D eigenvalue weighted by Gasteiger charge is 2.37. The Kier molecular flexibility index (Phi) is 3.68. The number of carbonyl (C=O) groups excluding carboxylic acids is 1. The maximum absolute atomic E-state index is 14.7. The number of nitrogens with zero attached hydrogens (tertiary/aromatic N) is 1. The number of benzene rings is 1. The molecule has 2 aromatic rings. The number of esters is 1. The van der Waals surface area contributed by atoms with Gasteiger partial charge in [0.15, 0.2) is 0 Å². The van der Waals surface area contributed by atoms with Gasteiger partial charge in [0, 0.05) is 28.7 Å². The van der Waals surface area contributed by atoms with Gasteiger partial charge in [-0.25, -0.2) is 9.18 Å². The summed E-state index contributed by atoms with van der Waals surface area (Å²) in [5, 5.41) is 0.210. The predicted molar refractivity (Wildman–Crippen MR) is 92.1 cm³/mol. The SMILES string of the molecule is CCOC(=O)c1cn(C2CC2)c2cc(C3(N)CCC3)c(F)cc2c1=O. The molecule has 0 saturated heterocycles. The maximum atomic E-state index is 14.7. The highest BCUT2D eigenvalue weighted by atomic mass is 19.1. The molecular weight excluding hydrogens is 323 g/mol. The molecule has 0 bridgehead atoms. The van der Waals surface area contributed by atoms with E-state index in [0.29, 0.717) is 11.1 Å². The number of nitrogens with two attached hydrogens (primary N) is 1. The third-order valence-corrected chi connectivity index (χ3v) is 5.34. The van der Waals surface area contributed by atoms with Crippen molar-refractivity contribution >= 4 is 16.9 Å². The van der Waals surface area contributed by atoms with Crippen LogP contribution in [0.25, 0.3) is 10.9 Å². The molecule has 5 nitrogen and oxygen atoms in total. The number of aromatic nitrogens is 1. The molecule has 0 amide bonds. The van der Waals surface area contributed by atoms with Gasteiger partial charge in [0.25, 0.3) is 0 Å². The smallest absolute Gasteiger partial charge is 0.343 e. The van der Waals surface area contributed by atoms with Crippen LogP contribution in [-0.2, 0) is 10.3 Å². The zero-order valence-corrected chi connectivity index (χ0v) is 14.2. The van der Waals surface area contributed by atoms with Gasteiger partial charge in [-0.05, 0) is 51.2 Å². The Morgan fingerprint density at radius 2 is 2.12 bits per heavy atom. The summed E-state index contributed by atoms with van der Waals surface area (Å²) in [6, 6.07) is 3.17. The van der Waals surface area contributed by atoms with Crippen LogP contribution in [0, 0.1) is 5.82 Å². The van der Waals surface area contributed by atoms with Crippen molar-refractivity contribution in [3.05, 3.63) is 45.5 Å². The summed E-state index contributed by atoms with van der Waals surface area (Å²) < 4.78 is 21.6. The second-order valence-corrected chi connectivity index (χ2v) is 7.09. The number of hydrogen-bond acceptors (Lipinski definition) is 4. The van der Waals surface area contributed by atoms with Gasteiger partial charge in [-0.2, -0.15) is 0 Å². The number of hydrogen-bond donors (Lipinski definition) is 1. The van der Waals surface area contributed by atoms with E-state index in [2.05, 4.69) is 0 Å². The first-order valence-corrected chi connectivity index (χ1v) is 8.79. The lowest BCUT2D eigenvalue weighted by Gasteiger charge is -2.39. The molecule has 2 fully saturated rings. The fraction of sp³-hybridized carbons (Fsp3) is 0.474. The van der Waals surface area contributed by atoms with E-state index in [4.69, 9.17) is 10.5 Å². The Bertz CT molecular complexity index is 926. The van der Waals surface area contributed by atoms with E-state index >= 15 is 0 Å². The predicted octanol–water partition coefficient (Wildman–Crippen LogP) is 2.99. The van der Waals surface area contributed by atoms with Crippen LogP contribution in [0.5, 0.6) is 0 Å². The van der Waals surface area contributed by atoms with Crippen molar-refractivity contribution in [2.24, 2.45) is 5.73 Å². The summed E-state index contributed by atoms with van der Waals surface area (Å²) in [5.74, 6) is -1.14. The van der Waals surface area contributed by atoms with Gasteiger partial charge in [-0.3, -0.25) is 4.79 Å². The molecule has 2 aliphatic carbocycles. The average molecular weight is 344 g/mol. The topological polar surface area (TPSA) is 74.3 Å². The summed E-state index contributed by atoms with van der Waals surface area (Å²) in [6.07, 6.45) is 5.96. The first-order valence-electron chi connectivity index (χ1n) is 8.79. The molecular formula is C19H21FN2O3. The lowest BCUT2D eigenvalue weighted by Crippen LogP contribution is -2.44. The molecule has 1 aromatic carbocycles. The molecule has 2 aliphatic rings. The van der Waals surface area contributed by atoms with Gasteiger partial charge in [0.05, 0.1) is 12.1 Å². The standard InChI is InChI=1S/C19H21FN2O3/c1-2-25-18(24)13-10-22(11-4-5-11)16-9-14(19(21)6-3-7-19)15(20)8-12(16)17(13)23/h8-11H,2-7,21H2,1H3. The van der Waals surface area contributed by atoms with Crippen molar-refractivity contribution < 1.29 is 13.9 Å². The summed E-state index contributed by atoms with van der Waals surface area (Å²) >= 11 is 0. The van der Waals surface area contributed by atoms with E-state index < -0.39 is 22.8 Å². The van der Waals surface area contributed by atoms with Crippen LogP contribution in [0.2, 0.25) is 0 Å². The zero-order chi connectivity index (χ0) is 17.8. The highest BCUT2D eigenvalue weighted by Crippen LogP contribution is 2.42. The Labute approximate surface area is 144 Å². The van der Waals surface area contributed by atoms with Crippen molar-refractivity contribution in [3.63, 3.8) is 0 Å². The van der Waals surface area contributed by atoms with Crippen LogP contribution in [0.3, 0.4) is 0 Å². The molecule has 6 heteroatoms. The fourth-order valence-corrected chi connectivity index (χ4v) is 3.59. The summed E-state index contributed by atoms with van der Waals surface area (Å²) in [6.45, 7) is 1.87. The van der Waals surface area contributed by atoms with Gasteiger partial charge < -0.3 is 15.0 Å². The first kappa shape index (κ1) is 16.3. The maximum Gasteiger partial charge on any atom is 0.343 e. The third kappa shape index (κ3) is 2.56. The third-order valence-electron chi connectivity index (χ3n) is 5.34. The molecule has 25 heavy (non-hydrogen) atoms. The normalized spacial score (nSPS) is 18.8. The lowest BCUT2D eigenvalue weighted by molar-refractivity contribution is 0.0524. The van der Waals surface area contributed by atoms with Crippen LogP contribution in [-0.4, -0.2) is 17.1 Å². The molecule has 1 heterocycles. The number of carbonyl (C=O) groups is 1. The Hall–Kier alpha value is -2.21. The van der Waals surface area contributed by atoms with E-state index in [1.54, 1.807) is 19.2 Å². The van der Waals surface area contributed by atoms with Gasteiger partial charge >= 0.3 is 5.97 Å². The Morgan fingerprint density at radius 3 is 2.68 bits per heavy atom. The number of pyridine rings is 1. The highest BCUT2D eigenvalue weighted by molar-refractivity contribution is 5.94. The molecule has 0 radical (unpaired) electrons. The average Bonchev–Trinajstić information content (AvgIpc) is 3.38. The molecule has 132 valence electrons. The van der Waals surface area contributed by atoms with Crippen molar-refractivity contribution in [1.82, 2.24) is 4.57 Å². The summed E-state index contributed by atoms with van der Waals surface area (Å²) in [7, 11) is 0. The monoisotopic (exact) mass is 344 g/mol. The van der Waals surface area contributed by atoms with E-state index in [0.717, 1.165) is 32.1 Å². The van der Waals surface area contributed by atoms with Crippen LogP contribution in [0.4, 0.5) is 4.39 Å². The van der Waals surface area contributed by atoms with E-state index in [9.17, 15) is 14.0 Å². The molecule has 0 atom stereocenters. The second kappa shape index (κ2) is 5.66. The van der Waals surface area contributed by atoms with Gasteiger partial charge in [-0.1, -0.05) is 0 Å². The van der Waals surface area contributed by atoms with Crippen molar-refractivity contribution in [3.8, 4) is 0 Å². The molecule has 0 unspecified atom stereocenters. The summed E-state index contributed by atoms with van der Waals surface area (Å²) in [4.78, 5) is 24.8. The van der Waals surface area contributed by atoms with Gasteiger partial charge in [-0.15, -0.1) is 0 Å². The molecule has 0 aliphatic heterocycles. The molecule has 1 aromatic heterocycles. The number of halogens is 1. The Morgan fingerprint density at radius 1 is 1.40 bits per heavy atom. The van der Waals surface area contributed by atoms with Crippen LogP contribution in [0.15, 0.2) is 23.1 Å². The number of fused-ring (bicyclic) bond motifs is 1. The number of ether oxygens (including phenoxy) is 1. The largest absolute Gasteiger partial charge is 0.462 e. The molecule has 2 N–H and O–H groups in total. The zero-order valence-electron chi connectivity index (χ0n) is 14.2. The van der Waals surface area contributed by atoms with Crippen LogP contribution >= 0.6 is 0 Å². The van der Waals surface area contributed by atoms with Gasteiger partial charge in [0.2, 0.25) is 5.43 Å². The van der Waals surface area contributed by atoms with E-state index in [1.165, 1.54) is 6.07 Å².